The number of cyclic esters (lactones) is 1. The molecule has 6 rings (SSSR count). The fourth-order valence-corrected chi connectivity index (χ4v) is 8.41. The van der Waals surface area contributed by atoms with Crippen LogP contribution in [-0.4, -0.2) is 48.9 Å². The third kappa shape index (κ3) is 4.78. The maximum Gasteiger partial charge on any atom is 0.338 e. The van der Waals surface area contributed by atoms with Gasteiger partial charge in [0.2, 0.25) is 0 Å². The van der Waals surface area contributed by atoms with Crippen LogP contribution in [0.1, 0.15) is 73.6 Å². The molecule has 2 unspecified atom stereocenters. The van der Waals surface area contributed by atoms with Crippen LogP contribution < -0.4 is 0 Å². The molecule has 2 heterocycles. The van der Waals surface area contributed by atoms with E-state index in [1.54, 1.807) is 24.3 Å². The van der Waals surface area contributed by atoms with Crippen molar-refractivity contribution in [2.75, 3.05) is 13.2 Å². The van der Waals surface area contributed by atoms with Crippen LogP contribution in [0.15, 0.2) is 72.3 Å². The number of ether oxygens (including phenoxy) is 4. The lowest BCUT2D eigenvalue weighted by molar-refractivity contribution is -0.197. The lowest BCUT2D eigenvalue weighted by Gasteiger charge is -2.62. The fourth-order valence-electron chi connectivity index (χ4n) is 8.41. The molecular formula is C34H38O7. The van der Waals surface area contributed by atoms with E-state index in [-0.39, 0.29) is 53.5 Å². The Balaban J connectivity index is 1.30. The Morgan fingerprint density at radius 1 is 0.878 bits per heavy atom. The molecule has 2 aliphatic heterocycles. The van der Waals surface area contributed by atoms with Gasteiger partial charge in [-0.15, -0.1) is 0 Å². The van der Waals surface area contributed by atoms with Gasteiger partial charge in [-0.2, -0.15) is 0 Å². The standard InChI is InChI=1S/C34H38O7/c1-32-17-15-28(40-30(36)23-12-8-5-9-13-23)33(2,21-39-29(35)22-10-6-4-7-11-22)26(32)14-18-34(3)27(32)20-25(41-34)24-16-19-38-31(24)37/h4-13,16,25-28H,14-15,17-21H2,1-3H3/t25?,26-,27?,28+,32+,33-,34+/m0/s1. The van der Waals surface area contributed by atoms with Crippen molar-refractivity contribution in [2.45, 2.75) is 70.7 Å². The number of carbonyl (C=O) groups excluding carboxylic acids is 3. The van der Waals surface area contributed by atoms with Gasteiger partial charge in [-0.1, -0.05) is 50.2 Å². The third-order valence-corrected chi connectivity index (χ3v) is 10.5. The van der Waals surface area contributed by atoms with Crippen LogP contribution in [0, 0.1) is 22.7 Å². The molecule has 2 aromatic rings. The molecule has 2 aromatic carbocycles. The summed E-state index contributed by atoms with van der Waals surface area (Å²) >= 11 is 0. The highest BCUT2D eigenvalue weighted by Gasteiger charge is 2.66. The normalized spacial score (nSPS) is 36.0. The van der Waals surface area contributed by atoms with E-state index in [2.05, 4.69) is 20.8 Å². The van der Waals surface area contributed by atoms with E-state index in [1.165, 1.54) is 0 Å². The van der Waals surface area contributed by atoms with E-state index in [9.17, 15) is 14.4 Å². The number of hydrogen-bond donors (Lipinski definition) is 0. The monoisotopic (exact) mass is 558 g/mol. The van der Waals surface area contributed by atoms with Crippen LogP contribution in [0.2, 0.25) is 0 Å². The lowest BCUT2D eigenvalue weighted by atomic mass is 9.44. The zero-order valence-electron chi connectivity index (χ0n) is 24.0. The first-order valence-electron chi connectivity index (χ1n) is 14.7. The molecule has 41 heavy (non-hydrogen) atoms. The molecule has 0 radical (unpaired) electrons. The minimum atomic E-state index is -0.618. The van der Waals surface area contributed by atoms with E-state index >= 15 is 0 Å². The van der Waals surface area contributed by atoms with Crippen molar-refractivity contribution < 1.29 is 33.3 Å². The zero-order chi connectivity index (χ0) is 28.8. The molecule has 0 N–H and O–H groups in total. The van der Waals surface area contributed by atoms with E-state index < -0.39 is 11.5 Å². The molecule has 3 fully saturated rings. The lowest BCUT2D eigenvalue weighted by Crippen LogP contribution is -2.62. The van der Waals surface area contributed by atoms with Crippen LogP contribution >= 0.6 is 0 Å². The fraction of sp³-hybridized carbons (Fsp3) is 0.500. The van der Waals surface area contributed by atoms with E-state index in [4.69, 9.17) is 18.9 Å². The highest BCUT2D eigenvalue weighted by Crippen LogP contribution is 2.66. The van der Waals surface area contributed by atoms with Crippen LogP contribution in [0.25, 0.3) is 0 Å². The van der Waals surface area contributed by atoms with Crippen LogP contribution in [0.3, 0.4) is 0 Å². The van der Waals surface area contributed by atoms with Gasteiger partial charge < -0.3 is 18.9 Å². The molecule has 7 nitrogen and oxygen atoms in total. The Morgan fingerprint density at radius 2 is 1.54 bits per heavy atom. The second kappa shape index (κ2) is 10.4. The van der Waals surface area contributed by atoms with E-state index in [0.29, 0.717) is 29.7 Å². The summed E-state index contributed by atoms with van der Waals surface area (Å²) in [7, 11) is 0. The number of benzene rings is 2. The number of hydrogen-bond acceptors (Lipinski definition) is 7. The van der Waals surface area contributed by atoms with Crippen molar-refractivity contribution in [3.05, 3.63) is 83.4 Å². The van der Waals surface area contributed by atoms with Gasteiger partial charge in [0, 0.05) is 5.41 Å². The van der Waals surface area contributed by atoms with Gasteiger partial charge in [-0.25, -0.2) is 14.4 Å². The number of fused-ring (bicyclic) bond motifs is 3. The SMILES string of the molecule is C[C@]1(COC(=O)c2ccccc2)[C@H]2CC[C@@]3(C)OC(C4=CCOC4=O)CC3[C@]2(C)CC[C@H]1OC(=O)c1ccccc1. The van der Waals surface area contributed by atoms with Gasteiger partial charge in [0.05, 0.1) is 28.4 Å². The van der Waals surface area contributed by atoms with Crippen LogP contribution in [-0.2, 0) is 23.7 Å². The van der Waals surface area contributed by atoms with Crippen molar-refractivity contribution in [2.24, 2.45) is 22.7 Å². The minimum Gasteiger partial charge on any atom is -0.461 e. The topological polar surface area (TPSA) is 88.1 Å². The molecule has 2 aliphatic carbocycles. The predicted molar refractivity (Wildman–Crippen MR) is 151 cm³/mol. The Bertz CT molecular complexity index is 1350. The van der Waals surface area contributed by atoms with Gasteiger partial charge in [0.25, 0.3) is 0 Å². The van der Waals surface area contributed by atoms with Gasteiger partial charge in [-0.05, 0) is 86.6 Å². The first-order valence-corrected chi connectivity index (χ1v) is 14.7. The first-order chi connectivity index (χ1) is 19.6. The maximum absolute atomic E-state index is 13.3. The predicted octanol–water partition coefficient (Wildman–Crippen LogP) is 5.93. The van der Waals surface area contributed by atoms with E-state index in [0.717, 1.165) is 25.7 Å². The van der Waals surface area contributed by atoms with Crippen LogP contribution in [0.4, 0.5) is 0 Å². The molecular weight excluding hydrogens is 520 g/mol. The van der Waals surface area contributed by atoms with Crippen molar-refractivity contribution in [1.82, 2.24) is 0 Å². The van der Waals surface area contributed by atoms with Gasteiger partial charge >= 0.3 is 17.9 Å². The van der Waals surface area contributed by atoms with E-state index in [1.807, 2.05) is 42.5 Å². The smallest absolute Gasteiger partial charge is 0.338 e. The van der Waals surface area contributed by atoms with Crippen molar-refractivity contribution in [3.63, 3.8) is 0 Å². The molecule has 0 bridgehead atoms. The Kier molecular flexibility index (Phi) is 7.05. The molecule has 7 heteroatoms. The average molecular weight is 559 g/mol. The van der Waals surface area contributed by atoms with Crippen molar-refractivity contribution >= 4 is 17.9 Å². The summed E-state index contributed by atoms with van der Waals surface area (Å²) in [5.74, 6) is -0.748. The summed E-state index contributed by atoms with van der Waals surface area (Å²) in [5.41, 5.74) is 0.457. The van der Waals surface area contributed by atoms with Crippen LogP contribution in [0.5, 0.6) is 0 Å². The molecule has 2 saturated carbocycles. The molecule has 1 saturated heterocycles. The Morgan fingerprint density at radius 3 is 2.17 bits per heavy atom. The number of rotatable bonds is 6. The molecule has 4 aliphatic rings. The Labute approximate surface area is 241 Å². The molecule has 0 amide bonds. The second-order valence-electron chi connectivity index (χ2n) is 12.8. The summed E-state index contributed by atoms with van der Waals surface area (Å²) in [5, 5.41) is 0. The summed E-state index contributed by atoms with van der Waals surface area (Å²) in [4.78, 5) is 38.7. The largest absolute Gasteiger partial charge is 0.461 e. The molecule has 0 spiro atoms. The minimum absolute atomic E-state index is 0.103. The highest BCUT2D eigenvalue weighted by atomic mass is 16.6. The van der Waals surface area contributed by atoms with Crippen molar-refractivity contribution in [1.29, 1.82) is 0 Å². The zero-order valence-corrected chi connectivity index (χ0v) is 24.0. The summed E-state index contributed by atoms with van der Waals surface area (Å²) < 4.78 is 24.1. The first kappa shape index (κ1) is 27.7. The summed E-state index contributed by atoms with van der Waals surface area (Å²) in [6.45, 7) is 7.05. The summed E-state index contributed by atoms with van der Waals surface area (Å²) in [6, 6.07) is 18.0. The molecule has 0 aromatic heterocycles. The molecule has 216 valence electrons. The molecule has 7 atom stereocenters. The quantitative estimate of drug-likeness (QED) is 0.321. The average Bonchev–Trinajstić information content (AvgIpc) is 3.57. The maximum atomic E-state index is 13.3. The Hall–Kier alpha value is -3.45. The highest BCUT2D eigenvalue weighted by molar-refractivity contribution is 5.91. The third-order valence-electron chi connectivity index (χ3n) is 10.5. The number of esters is 3. The van der Waals surface area contributed by atoms with Gasteiger partial charge in [0.1, 0.15) is 19.3 Å². The van der Waals surface area contributed by atoms with Gasteiger partial charge in [0.15, 0.2) is 0 Å². The second-order valence-corrected chi connectivity index (χ2v) is 12.8. The van der Waals surface area contributed by atoms with Gasteiger partial charge in [-0.3, -0.25) is 0 Å². The summed E-state index contributed by atoms with van der Waals surface area (Å²) in [6.07, 6.45) is 4.99. The van der Waals surface area contributed by atoms with Crippen molar-refractivity contribution in [3.8, 4) is 0 Å². The number of carbonyl (C=O) groups is 3.